The number of ketones is 1. The van der Waals surface area contributed by atoms with Gasteiger partial charge in [-0.05, 0) is 0 Å². The summed E-state index contributed by atoms with van der Waals surface area (Å²) in [4.78, 5) is 10.3. The van der Waals surface area contributed by atoms with Gasteiger partial charge in [0.25, 0.3) is 0 Å². The third-order valence-corrected chi connectivity index (χ3v) is 0.817. The first-order chi connectivity index (χ1) is 3.79. The Hall–Kier alpha value is -0.870. The molecule has 0 atom stereocenters. The van der Waals surface area contributed by atoms with Gasteiger partial charge in [-0.25, -0.2) is 5.43 Å². The van der Waals surface area contributed by atoms with Crippen LogP contribution in [-0.4, -0.2) is 22.7 Å². The van der Waals surface area contributed by atoms with Crippen molar-refractivity contribution in [2.24, 2.45) is 0 Å². The van der Waals surface area contributed by atoms with Crippen LogP contribution in [0.5, 0.6) is 0 Å². The number of rotatable bonds is 0. The highest BCUT2D eigenvalue weighted by atomic mass is 16.5. The summed E-state index contributed by atoms with van der Waals surface area (Å²) in [5, 5.41) is 9.26. The molecule has 4 nitrogen and oxygen atoms in total. The zero-order chi connectivity index (χ0) is 5.98. The van der Waals surface area contributed by atoms with Crippen molar-refractivity contribution in [3.8, 4) is 0 Å². The number of nitrogens with zero attached hydrogens (tertiary/aromatic N) is 1. The van der Waals surface area contributed by atoms with Gasteiger partial charge in [-0.15, -0.1) is 0 Å². The largest absolute Gasteiger partial charge is 0.293 e. The molecule has 0 radical (unpaired) electrons. The Morgan fingerprint density at radius 3 is 3.00 bits per heavy atom. The van der Waals surface area contributed by atoms with Crippen LogP contribution in [0.25, 0.3) is 0 Å². The summed E-state index contributed by atoms with van der Waals surface area (Å²) >= 11 is 0. The normalized spacial score (nSPS) is 19.6. The molecule has 1 aliphatic heterocycles. The van der Waals surface area contributed by atoms with E-state index in [1.54, 1.807) is 0 Å². The topological polar surface area (TPSA) is 52.6 Å². The Morgan fingerprint density at radius 2 is 2.62 bits per heavy atom. The van der Waals surface area contributed by atoms with Crippen molar-refractivity contribution in [1.82, 2.24) is 10.6 Å². The number of carbonyl (C=O) groups excluding carboxylic acids is 1. The third kappa shape index (κ3) is 1.05. The van der Waals surface area contributed by atoms with Crippen LogP contribution in [0.1, 0.15) is 0 Å². The molecule has 0 unspecified atom stereocenters. The zero-order valence-electron chi connectivity index (χ0n) is 4.16. The van der Waals surface area contributed by atoms with Gasteiger partial charge in [0.1, 0.15) is 0 Å². The van der Waals surface area contributed by atoms with E-state index in [0.29, 0.717) is 0 Å². The first-order valence-corrected chi connectivity index (χ1v) is 2.22. The molecular weight excluding hydrogens is 108 g/mol. The van der Waals surface area contributed by atoms with Gasteiger partial charge in [0.15, 0.2) is 5.78 Å². The van der Waals surface area contributed by atoms with Crippen LogP contribution in [-0.2, 0) is 4.79 Å². The van der Waals surface area contributed by atoms with Crippen LogP contribution in [0.2, 0.25) is 0 Å². The van der Waals surface area contributed by atoms with Gasteiger partial charge in [-0.2, -0.15) is 5.17 Å². The van der Waals surface area contributed by atoms with Gasteiger partial charge < -0.3 is 0 Å². The number of hydrogen-bond donors (Lipinski definition) is 2. The molecule has 0 aromatic carbocycles. The molecule has 0 aromatic heterocycles. The molecule has 0 aliphatic carbocycles. The van der Waals surface area contributed by atoms with Crippen LogP contribution >= 0.6 is 0 Å². The Balaban J connectivity index is 2.55. The molecule has 0 bridgehead atoms. The summed E-state index contributed by atoms with van der Waals surface area (Å²) in [6.07, 6.45) is 2.56. The maximum Gasteiger partial charge on any atom is 0.172 e. The SMILES string of the molecule is O=C1C=CN(O)NC1. The van der Waals surface area contributed by atoms with Crippen molar-refractivity contribution >= 4 is 5.78 Å². The van der Waals surface area contributed by atoms with E-state index in [1.165, 1.54) is 12.3 Å². The number of nitrogens with one attached hydrogen (secondary N) is 1. The number of hydrogen-bond acceptors (Lipinski definition) is 4. The van der Waals surface area contributed by atoms with Crippen LogP contribution in [0, 0.1) is 0 Å². The maximum absolute atomic E-state index is 10.3. The standard InChI is InChI=1S/C4H6N2O2/c7-4-1-2-6(8)5-3-4/h1-2,5,8H,3H2. The van der Waals surface area contributed by atoms with Crippen molar-refractivity contribution < 1.29 is 10.0 Å². The molecule has 8 heavy (non-hydrogen) atoms. The molecule has 0 amide bonds. The highest BCUT2D eigenvalue weighted by Crippen LogP contribution is 1.85. The highest BCUT2D eigenvalue weighted by molar-refractivity contribution is 5.91. The number of carbonyl (C=O) groups is 1. The average Bonchev–Trinajstić information content (AvgIpc) is 1.77. The van der Waals surface area contributed by atoms with Gasteiger partial charge >= 0.3 is 0 Å². The fourth-order valence-electron chi connectivity index (χ4n) is 0.424. The summed E-state index contributed by atoms with van der Waals surface area (Å²) in [7, 11) is 0. The van der Waals surface area contributed by atoms with Gasteiger partial charge in [0, 0.05) is 12.3 Å². The van der Waals surface area contributed by atoms with Crippen molar-refractivity contribution in [3.05, 3.63) is 12.3 Å². The smallest absolute Gasteiger partial charge is 0.172 e. The molecule has 0 saturated carbocycles. The predicted molar refractivity (Wildman–Crippen MR) is 25.8 cm³/mol. The van der Waals surface area contributed by atoms with Gasteiger partial charge in [0.2, 0.25) is 0 Å². The predicted octanol–water partition coefficient (Wildman–Crippen LogP) is -0.721. The second-order valence-corrected chi connectivity index (χ2v) is 1.46. The lowest BCUT2D eigenvalue weighted by molar-refractivity contribution is -0.126. The van der Waals surface area contributed by atoms with E-state index in [9.17, 15) is 4.79 Å². The van der Waals surface area contributed by atoms with Crippen LogP contribution in [0.3, 0.4) is 0 Å². The Morgan fingerprint density at radius 1 is 1.88 bits per heavy atom. The summed E-state index contributed by atoms with van der Waals surface area (Å²) in [6, 6.07) is 0. The summed E-state index contributed by atoms with van der Waals surface area (Å²) < 4.78 is 0. The minimum Gasteiger partial charge on any atom is -0.293 e. The molecule has 1 heterocycles. The molecule has 1 rings (SSSR count). The van der Waals surface area contributed by atoms with E-state index < -0.39 is 0 Å². The second kappa shape index (κ2) is 1.94. The number of hydrazine groups is 1. The zero-order valence-corrected chi connectivity index (χ0v) is 4.16. The molecule has 4 heteroatoms. The average molecular weight is 114 g/mol. The van der Waals surface area contributed by atoms with Crippen molar-refractivity contribution in [2.75, 3.05) is 6.54 Å². The van der Waals surface area contributed by atoms with Gasteiger partial charge in [-0.1, -0.05) is 0 Å². The lowest BCUT2D eigenvalue weighted by Crippen LogP contribution is -2.37. The molecular formula is C4H6N2O2. The number of hydroxylamine groups is 1. The van der Waals surface area contributed by atoms with E-state index in [0.717, 1.165) is 5.17 Å². The highest BCUT2D eigenvalue weighted by Gasteiger charge is 2.03. The molecule has 1 aliphatic rings. The summed E-state index contributed by atoms with van der Waals surface area (Å²) in [5.41, 5.74) is 2.38. The van der Waals surface area contributed by atoms with Crippen LogP contribution in [0.15, 0.2) is 12.3 Å². The lowest BCUT2D eigenvalue weighted by atomic mass is 10.4. The molecule has 0 fully saturated rings. The molecule has 0 aromatic rings. The van der Waals surface area contributed by atoms with Gasteiger partial charge in [0.05, 0.1) is 6.54 Å². The van der Waals surface area contributed by atoms with Crippen molar-refractivity contribution in [3.63, 3.8) is 0 Å². The first kappa shape index (κ1) is 5.27. The Bertz CT molecular complexity index is 132. The molecule has 2 N–H and O–H groups in total. The quantitative estimate of drug-likeness (QED) is 0.436. The van der Waals surface area contributed by atoms with E-state index in [-0.39, 0.29) is 12.3 Å². The fourth-order valence-corrected chi connectivity index (χ4v) is 0.424. The van der Waals surface area contributed by atoms with Gasteiger partial charge in [-0.3, -0.25) is 10.0 Å². The minimum atomic E-state index is -0.0321. The fraction of sp³-hybridized carbons (Fsp3) is 0.250. The molecule has 0 spiro atoms. The van der Waals surface area contributed by atoms with Crippen molar-refractivity contribution in [1.29, 1.82) is 0 Å². The molecule has 0 saturated heterocycles. The third-order valence-electron chi connectivity index (χ3n) is 0.817. The minimum absolute atomic E-state index is 0.0321. The summed E-state index contributed by atoms with van der Waals surface area (Å²) in [5.74, 6) is -0.0321. The molecule has 44 valence electrons. The van der Waals surface area contributed by atoms with E-state index in [4.69, 9.17) is 5.21 Å². The van der Waals surface area contributed by atoms with Crippen LogP contribution < -0.4 is 5.43 Å². The maximum atomic E-state index is 10.3. The van der Waals surface area contributed by atoms with Crippen LogP contribution in [0.4, 0.5) is 0 Å². The van der Waals surface area contributed by atoms with E-state index in [2.05, 4.69) is 5.43 Å². The van der Waals surface area contributed by atoms with Crippen molar-refractivity contribution in [2.45, 2.75) is 0 Å². The van der Waals surface area contributed by atoms with E-state index >= 15 is 0 Å². The summed E-state index contributed by atoms with van der Waals surface area (Å²) in [6.45, 7) is 0.174. The first-order valence-electron chi connectivity index (χ1n) is 2.22. The Kier molecular flexibility index (Phi) is 1.27. The lowest BCUT2D eigenvalue weighted by Gasteiger charge is -2.14. The van der Waals surface area contributed by atoms with E-state index in [1.807, 2.05) is 0 Å². The Labute approximate surface area is 46.3 Å². The second-order valence-electron chi connectivity index (χ2n) is 1.46. The monoisotopic (exact) mass is 114 g/mol.